The second-order valence-corrected chi connectivity index (χ2v) is 8.27. The van der Waals surface area contributed by atoms with Crippen molar-refractivity contribution in [2.75, 3.05) is 19.7 Å². The second-order valence-electron chi connectivity index (χ2n) is 8.27. The molecule has 1 aliphatic rings. The van der Waals surface area contributed by atoms with E-state index in [9.17, 15) is 19.1 Å². The van der Waals surface area contributed by atoms with Gasteiger partial charge in [-0.05, 0) is 54.7 Å². The lowest BCUT2D eigenvalue weighted by molar-refractivity contribution is 0.0270. The summed E-state index contributed by atoms with van der Waals surface area (Å²) in [5, 5.41) is 10.2. The highest BCUT2D eigenvalue weighted by Crippen LogP contribution is 2.34. The van der Waals surface area contributed by atoms with Crippen LogP contribution < -0.4 is 5.56 Å². The second kappa shape index (κ2) is 8.86. The Bertz CT molecular complexity index is 1110. The molecule has 1 amide bonds. The summed E-state index contributed by atoms with van der Waals surface area (Å²) in [5.74, 6) is -0.641. The Morgan fingerprint density at radius 2 is 1.81 bits per heavy atom. The molecule has 0 bridgehead atoms. The van der Waals surface area contributed by atoms with Gasteiger partial charge in [0.1, 0.15) is 11.4 Å². The lowest BCUT2D eigenvalue weighted by Crippen LogP contribution is -2.49. The molecule has 4 rings (SSSR count). The molecule has 160 valence electrons. The summed E-state index contributed by atoms with van der Waals surface area (Å²) in [6, 6.07) is 19.0. The van der Waals surface area contributed by atoms with Crippen molar-refractivity contribution in [3.05, 3.63) is 94.0 Å². The minimum absolute atomic E-state index is 0.0859. The Hall–Kier alpha value is -3.25. The topological polar surface area (TPSA) is 73.4 Å². The van der Waals surface area contributed by atoms with E-state index < -0.39 is 11.0 Å². The van der Waals surface area contributed by atoms with Gasteiger partial charge >= 0.3 is 0 Å². The molecule has 1 aliphatic heterocycles. The number of carbonyl (C=O) groups is 1. The van der Waals surface area contributed by atoms with Gasteiger partial charge < -0.3 is 15.0 Å². The summed E-state index contributed by atoms with van der Waals surface area (Å²) in [7, 11) is 0. The third-order valence-electron chi connectivity index (χ3n) is 6.00. The lowest BCUT2D eigenvalue weighted by Gasteiger charge is -2.42. The number of carbonyl (C=O) groups excluding carboxylic acids is 1. The van der Waals surface area contributed by atoms with Crippen LogP contribution >= 0.6 is 0 Å². The molecule has 5 nitrogen and oxygen atoms in total. The largest absolute Gasteiger partial charge is 0.396 e. The number of hydrogen-bond acceptors (Lipinski definition) is 3. The number of pyridine rings is 1. The number of aliphatic hydroxyl groups is 1. The number of aromatic amines is 1. The Kier molecular flexibility index (Phi) is 6.00. The molecule has 1 aromatic heterocycles. The third-order valence-corrected chi connectivity index (χ3v) is 6.00. The Labute approximate surface area is 180 Å². The molecule has 6 heteroatoms. The molecule has 0 spiro atoms. The predicted octanol–water partition coefficient (Wildman–Crippen LogP) is 3.64. The summed E-state index contributed by atoms with van der Waals surface area (Å²) >= 11 is 0. The van der Waals surface area contributed by atoms with Crippen LogP contribution in [0, 0.1) is 11.2 Å². The number of aromatic nitrogens is 1. The van der Waals surface area contributed by atoms with Crippen molar-refractivity contribution in [2.24, 2.45) is 5.41 Å². The first-order valence-corrected chi connectivity index (χ1v) is 10.4. The lowest BCUT2D eigenvalue weighted by atomic mass is 9.75. The highest BCUT2D eigenvalue weighted by molar-refractivity contribution is 5.94. The molecular formula is C25H25FN2O3. The van der Waals surface area contributed by atoms with Crippen LogP contribution in [-0.2, 0) is 6.42 Å². The number of H-pyrrole nitrogens is 1. The van der Waals surface area contributed by atoms with Crippen LogP contribution in [0.4, 0.5) is 4.39 Å². The van der Waals surface area contributed by atoms with Crippen molar-refractivity contribution in [1.29, 1.82) is 0 Å². The van der Waals surface area contributed by atoms with Crippen LogP contribution in [0.3, 0.4) is 0 Å². The van der Waals surface area contributed by atoms with E-state index in [0.29, 0.717) is 25.2 Å². The fraction of sp³-hybridized carbons (Fsp3) is 0.280. The first-order valence-electron chi connectivity index (χ1n) is 10.4. The van der Waals surface area contributed by atoms with Crippen LogP contribution in [0.5, 0.6) is 0 Å². The van der Waals surface area contributed by atoms with Crippen molar-refractivity contribution < 1.29 is 14.3 Å². The number of amides is 1. The number of nitrogens with one attached hydrogen (secondary N) is 1. The Morgan fingerprint density at radius 3 is 2.48 bits per heavy atom. The Balaban J connectivity index is 1.54. The molecule has 1 atom stereocenters. The molecule has 0 unspecified atom stereocenters. The van der Waals surface area contributed by atoms with Crippen molar-refractivity contribution in [2.45, 2.75) is 19.3 Å². The standard InChI is InChI=1S/C25H25FN2O3/c26-20-9-7-18(8-10-20)15-25(17-29)13-4-14-28(16-25)24(31)21-11-12-22(27-23(21)30)19-5-2-1-3-6-19/h1-3,5-12,29H,4,13-17H2,(H,27,30)/t25-/m0/s1. The van der Waals surface area contributed by atoms with Crippen LogP contribution in [0.2, 0.25) is 0 Å². The van der Waals surface area contributed by atoms with Crippen LogP contribution in [-0.4, -0.2) is 40.6 Å². The van der Waals surface area contributed by atoms with Gasteiger partial charge in [-0.15, -0.1) is 0 Å². The van der Waals surface area contributed by atoms with E-state index in [2.05, 4.69) is 4.98 Å². The van der Waals surface area contributed by atoms with Gasteiger partial charge in [-0.3, -0.25) is 9.59 Å². The molecule has 1 fully saturated rings. The zero-order valence-corrected chi connectivity index (χ0v) is 17.2. The van der Waals surface area contributed by atoms with Gasteiger partial charge in [0.05, 0.1) is 6.61 Å². The first kappa shape index (κ1) is 21.0. The number of aliphatic hydroxyl groups excluding tert-OH is 1. The van der Waals surface area contributed by atoms with Crippen molar-refractivity contribution in [1.82, 2.24) is 9.88 Å². The van der Waals surface area contributed by atoms with Gasteiger partial charge in [0.2, 0.25) is 0 Å². The first-order chi connectivity index (χ1) is 15.0. The summed E-state index contributed by atoms with van der Waals surface area (Å²) < 4.78 is 13.2. The number of nitrogens with zero attached hydrogens (tertiary/aromatic N) is 1. The van der Waals surface area contributed by atoms with E-state index in [1.807, 2.05) is 30.3 Å². The molecule has 1 saturated heterocycles. The summed E-state index contributed by atoms with van der Waals surface area (Å²) in [6.07, 6.45) is 2.03. The maximum Gasteiger partial charge on any atom is 0.261 e. The van der Waals surface area contributed by atoms with Gasteiger partial charge in [0.25, 0.3) is 11.5 Å². The zero-order valence-electron chi connectivity index (χ0n) is 17.2. The number of hydrogen-bond donors (Lipinski definition) is 2. The van der Waals surface area contributed by atoms with E-state index >= 15 is 0 Å². The highest BCUT2D eigenvalue weighted by atomic mass is 19.1. The fourth-order valence-corrected chi connectivity index (χ4v) is 4.34. The van der Waals surface area contributed by atoms with Crippen LogP contribution in [0.1, 0.15) is 28.8 Å². The molecule has 0 radical (unpaired) electrons. The van der Waals surface area contributed by atoms with Gasteiger partial charge in [-0.2, -0.15) is 0 Å². The number of rotatable bonds is 5. The van der Waals surface area contributed by atoms with Crippen LogP contribution in [0.15, 0.2) is 71.5 Å². The average molecular weight is 420 g/mol. The molecular weight excluding hydrogens is 395 g/mol. The molecule has 0 saturated carbocycles. The van der Waals surface area contributed by atoms with E-state index in [-0.39, 0.29) is 23.9 Å². The van der Waals surface area contributed by atoms with Crippen LogP contribution in [0.25, 0.3) is 11.3 Å². The number of halogens is 1. The van der Waals surface area contributed by atoms with E-state index in [4.69, 9.17) is 0 Å². The van der Waals surface area contributed by atoms with E-state index in [1.54, 1.807) is 29.2 Å². The normalized spacial score (nSPS) is 18.7. The minimum atomic E-state index is -0.511. The van der Waals surface area contributed by atoms with Crippen molar-refractivity contribution in [3.8, 4) is 11.3 Å². The molecule has 3 aromatic rings. The summed E-state index contributed by atoms with van der Waals surface area (Å²) in [6.45, 7) is 0.793. The maximum absolute atomic E-state index is 13.2. The third kappa shape index (κ3) is 4.59. The summed E-state index contributed by atoms with van der Waals surface area (Å²) in [5.41, 5.74) is 1.59. The molecule has 2 N–H and O–H groups in total. The Morgan fingerprint density at radius 1 is 1.06 bits per heavy atom. The van der Waals surface area contributed by atoms with E-state index in [0.717, 1.165) is 24.0 Å². The summed E-state index contributed by atoms with van der Waals surface area (Å²) in [4.78, 5) is 30.3. The molecule has 2 aromatic carbocycles. The maximum atomic E-state index is 13.2. The van der Waals surface area contributed by atoms with Gasteiger partial charge in [0, 0.05) is 24.2 Å². The smallest absolute Gasteiger partial charge is 0.261 e. The molecule has 31 heavy (non-hydrogen) atoms. The number of benzene rings is 2. The SMILES string of the molecule is O=C(c1ccc(-c2ccccc2)[nH]c1=O)N1CCC[C@](CO)(Cc2ccc(F)cc2)C1. The number of piperidine rings is 1. The predicted molar refractivity (Wildman–Crippen MR) is 117 cm³/mol. The van der Waals surface area contributed by atoms with Gasteiger partial charge in [0.15, 0.2) is 0 Å². The fourth-order valence-electron chi connectivity index (χ4n) is 4.34. The van der Waals surface area contributed by atoms with Gasteiger partial charge in [-0.1, -0.05) is 42.5 Å². The quantitative estimate of drug-likeness (QED) is 0.662. The zero-order chi connectivity index (χ0) is 21.8. The van der Waals surface area contributed by atoms with Crippen molar-refractivity contribution in [3.63, 3.8) is 0 Å². The average Bonchev–Trinajstić information content (AvgIpc) is 2.81. The van der Waals surface area contributed by atoms with Crippen molar-refractivity contribution >= 4 is 5.91 Å². The molecule has 2 heterocycles. The van der Waals surface area contributed by atoms with E-state index in [1.165, 1.54) is 12.1 Å². The van der Waals surface area contributed by atoms with Gasteiger partial charge in [-0.25, -0.2) is 4.39 Å². The monoisotopic (exact) mass is 420 g/mol. The molecule has 0 aliphatic carbocycles. The number of likely N-dealkylation sites (tertiary alicyclic amines) is 1. The highest BCUT2D eigenvalue weighted by Gasteiger charge is 2.37. The minimum Gasteiger partial charge on any atom is -0.396 e.